The van der Waals surface area contributed by atoms with Gasteiger partial charge in [0.15, 0.2) is 0 Å². The second kappa shape index (κ2) is 4.74. The zero-order valence-corrected chi connectivity index (χ0v) is 10.5. The number of carbonyl (C=O) groups excluding carboxylic acids is 1. The Morgan fingerprint density at radius 1 is 1.31 bits per heavy atom. The van der Waals surface area contributed by atoms with Crippen molar-refractivity contribution in [2.24, 2.45) is 5.41 Å². The summed E-state index contributed by atoms with van der Waals surface area (Å²) in [4.78, 5) is 12.0. The average Bonchev–Trinajstić information content (AvgIpc) is 2.59. The van der Waals surface area contributed by atoms with Crippen LogP contribution in [0.15, 0.2) is 0 Å². The van der Waals surface area contributed by atoms with Gasteiger partial charge in [0.2, 0.25) is 5.91 Å². The van der Waals surface area contributed by atoms with E-state index in [1.165, 1.54) is 19.3 Å². The molecule has 2 atom stereocenters. The zero-order valence-electron chi connectivity index (χ0n) is 10.5. The maximum absolute atomic E-state index is 12.0. The maximum atomic E-state index is 12.0. The summed E-state index contributed by atoms with van der Waals surface area (Å²) in [5, 5.41) is 6.50. The molecule has 1 saturated heterocycles. The molecule has 1 aliphatic heterocycles. The Bertz CT molecular complexity index is 257. The molecule has 0 bridgehead atoms. The highest BCUT2D eigenvalue weighted by molar-refractivity contribution is 5.82. The van der Waals surface area contributed by atoms with Crippen molar-refractivity contribution < 1.29 is 4.79 Å². The molecule has 0 spiro atoms. The van der Waals surface area contributed by atoms with Crippen molar-refractivity contribution >= 4 is 5.91 Å². The van der Waals surface area contributed by atoms with Crippen molar-refractivity contribution in [2.45, 2.75) is 64.5 Å². The van der Waals surface area contributed by atoms with E-state index in [0.717, 1.165) is 25.8 Å². The lowest BCUT2D eigenvalue weighted by Crippen LogP contribution is -2.49. The monoisotopic (exact) mass is 224 g/mol. The maximum Gasteiger partial charge on any atom is 0.237 e. The van der Waals surface area contributed by atoms with Gasteiger partial charge in [-0.25, -0.2) is 0 Å². The second-order valence-electron chi connectivity index (χ2n) is 6.12. The molecule has 0 aromatic rings. The van der Waals surface area contributed by atoms with Gasteiger partial charge in [0, 0.05) is 6.04 Å². The van der Waals surface area contributed by atoms with Crippen LogP contribution < -0.4 is 10.6 Å². The first kappa shape index (κ1) is 11.9. The minimum absolute atomic E-state index is 0.0671. The van der Waals surface area contributed by atoms with Crippen LogP contribution in [0.5, 0.6) is 0 Å². The molecule has 2 N–H and O–H groups in total. The van der Waals surface area contributed by atoms with E-state index >= 15 is 0 Å². The Labute approximate surface area is 98.4 Å². The fourth-order valence-electron chi connectivity index (χ4n) is 2.94. The number of rotatable bonds is 2. The lowest BCUT2D eigenvalue weighted by molar-refractivity contribution is -0.124. The standard InChI is InChI=1S/C13H24N2O/c1-13(2)7-6-10(9-13)15-12(16)11-5-3-4-8-14-11/h10-11,14H,3-9H2,1-2H3,(H,15,16)/t10?,11-/m0/s1. The fourth-order valence-corrected chi connectivity index (χ4v) is 2.94. The number of piperidine rings is 1. The summed E-state index contributed by atoms with van der Waals surface area (Å²) in [6, 6.07) is 0.476. The molecular weight excluding hydrogens is 200 g/mol. The van der Waals surface area contributed by atoms with Crippen molar-refractivity contribution in [1.29, 1.82) is 0 Å². The molecule has 2 fully saturated rings. The van der Waals surface area contributed by atoms with Crippen LogP contribution in [-0.4, -0.2) is 24.5 Å². The third kappa shape index (κ3) is 2.97. The molecule has 3 nitrogen and oxygen atoms in total. The first-order valence-electron chi connectivity index (χ1n) is 6.61. The van der Waals surface area contributed by atoms with E-state index in [1.807, 2.05) is 0 Å². The van der Waals surface area contributed by atoms with Gasteiger partial charge in [-0.05, 0) is 44.1 Å². The molecule has 1 amide bonds. The van der Waals surface area contributed by atoms with E-state index in [9.17, 15) is 4.79 Å². The van der Waals surface area contributed by atoms with Crippen molar-refractivity contribution in [3.05, 3.63) is 0 Å². The number of nitrogens with one attached hydrogen (secondary N) is 2. The van der Waals surface area contributed by atoms with Gasteiger partial charge >= 0.3 is 0 Å². The largest absolute Gasteiger partial charge is 0.352 e. The van der Waals surface area contributed by atoms with Crippen molar-refractivity contribution in [3.63, 3.8) is 0 Å². The normalized spacial score (nSPS) is 33.6. The minimum atomic E-state index is 0.0671. The minimum Gasteiger partial charge on any atom is -0.352 e. The molecule has 0 aromatic carbocycles. The summed E-state index contributed by atoms with van der Waals surface area (Å²) in [5.41, 5.74) is 0.415. The summed E-state index contributed by atoms with van der Waals surface area (Å²) in [7, 11) is 0. The first-order chi connectivity index (χ1) is 7.57. The molecular formula is C13H24N2O. The molecule has 1 aliphatic carbocycles. The Balaban J connectivity index is 1.79. The lowest BCUT2D eigenvalue weighted by atomic mass is 9.92. The molecule has 16 heavy (non-hydrogen) atoms. The average molecular weight is 224 g/mol. The van der Waals surface area contributed by atoms with Gasteiger partial charge in [0.05, 0.1) is 6.04 Å². The van der Waals surface area contributed by atoms with Crippen LogP contribution in [0.25, 0.3) is 0 Å². The first-order valence-corrected chi connectivity index (χ1v) is 6.61. The van der Waals surface area contributed by atoms with Crippen molar-refractivity contribution in [2.75, 3.05) is 6.54 Å². The van der Waals surface area contributed by atoms with Crippen LogP contribution in [0.3, 0.4) is 0 Å². The summed E-state index contributed by atoms with van der Waals surface area (Å²) in [5.74, 6) is 0.224. The Morgan fingerprint density at radius 2 is 2.12 bits per heavy atom. The lowest BCUT2D eigenvalue weighted by Gasteiger charge is -2.25. The van der Waals surface area contributed by atoms with Gasteiger partial charge in [-0.3, -0.25) is 4.79 Å². The number of amides is 1. The van der Waals surface area contributed by atoms with Crippen molar-refractivity contribution in [1.82, 2.24) is 10.6 Å². The fraction of sp³-hybridized carbons (Fsp3) is 0.923. The molecule has 92 valence electrons. The van der Waals surface area contributed by atoms with Crippen LogP contribution in [-0.2, 0) is 4.79 Å². The predicted molar refractivity (Wildman–Crippen MR) is 65.2 cm³/mol. The van der Waals surface area contributed by atoms with Crippen molar-refractivity contribution in [3.8, 4) is 0 Å². The SMILES string of the molecule is CC1(C)CCC(NC(=O)[C@@H]2CCCCN2)C1. The Kier molecular flexibility index (Phi) is 3.53. The van der Waals surface area contributed by atoms with E-state index in [-0.39, 0.29) is 11.9 Å². The van der Waals surface area contributed by atoms with Crippen LogP contribution >= 0.6 is 0 Å². The van der Waals surface area contributed by atoms with Gasteiger partial charge in [-0.1, -0.05) is 20.3 Å². The number of hydrogen-bond donors (Lipinski definition) is 2. The summed E-state index contributed by atoms with van der Waals surface area (Å²) in [6.07, 6.45) is 6.90. The van der Waals surface area contributed by atoms with Gasteiger partial charge in [0.25, 0.3) is 0 Å². The van der Waals surface area contributed by atoms with E-state index in [0.29, 0.717) is 11.5 Å². The van der Waals surface area contributed by atoms with Crippen LogP contribution in [0, 0.1) is 5.41 Å². The van der Waals surface area contributed by atoms with E-state index < -0.39 is 0 Å². The predicted octanol–water partition coefficient (Wildman–Crippen LogP) is 1.82. The quantitative estimate of drug-likeness (QED) is 0.751. The molecule has 1 saturated carbocycles. The van der Waals surface area contributed by atoms with E-state index in [2.05, 4.69) is 24.5 Å². The second-order valence-corrected chi connectivity index (χ2v) is 6.12. The van der Waals surface area contributed by atoms with E-state index in [4.69, 9.17) is 0 Å². The van der Waals surface area contributed by atoms with Gasteiger partial charge in [-0.15, -0.1) is 0 Å². The molecule has 1 unspecified atom stereocenters. The van der Waals surface area contributed by atoms with Gasteiger partial charge < -0.3 is 10.6 Å². The highest BCUT2D eigenvalue weighted by atomic mass is 16.2. The third-order valence-corrected chi connectivity index (χ3v) is 3.94. The van der Waals surface area contributed by atoms with Gasteiger partial charge in [-0.2, -0.15) is 0 Å². The summed E-state index contributed by atoms with van der Waals surface area (Å²) >= 11 is 0. The highest BCUT2D eigenvalue weighted by Crippen LogP contribution is 2.36. The third-order valence-electron chi connectivity index (χ3n) is 3.94. The van der Waals surface area contributed by atoms with Gasteiger partial charge in [0.1, 0.15) is 0 Å². The zero-order chi connectivity index (χ0) is 11.6. The number of carbonyl (C=O) groups is 1. The Hall–Kier alpha value is -0.570. The number of hydrogen-bond acceptors (Lipinski definition) is 2. The molecule has 2 rings (SSSR count). The van der Waals surface area contributed by atoms with Crippen LogP contribution in [0.2, 0.25) is 0 Å². The molecule has 1 heterocycles. The molecule has 0 aromatic heterocycles. The highest BCUT2D eigenvalue weighted by Gasteiger charge is 2.33. The van der Waals surface area contributed by atoms with Crippen LogP contribution in [0.4, 0.5) is 0 Å². The topological polar surface area (TPSA) is 41.1 Å². The molecule has 3 heteroatoms. The molecule has 0 radical (unpaired) electrons. The summed E-state index contributed by atoms with van der Waals surface area (Å²) < 4.78 is 0. The molecule has 2 aliphatic rings. The summed E-state index contributed by atoms with van der Waals surface area (Å²) in [6.45, 7) is 5.57. The van der Waals surface area contributed by atoms with E-state index in [1.54, 1.807) is 0 Å². The van der Waals surface area contributed by atoms with Crippen LogP contribution in [0.1, 0.15) is 52.4 Å². The Morgan fingerprint density at radius 3 is 2.69 bits per heavy atom. The smallest absolute Gasteiger partial charge is 0.237 e.